The molecule has 154 valence electrons. The van der Waals surface area contributed by atoms with Crippen molar-refractivity contribution in [3.8, 4) is 5.75 Å². The normalized spacial score (nSPS) is 22.9. The van der Waals surface area contributed by atoms with Gasteiger partial charge < -0.3 is 18.9 Å². The van der Waals surface area contributed by atoms with Gasteiger partial charge in [0.05, 0.1) is 20.3 Å². The van der Waals surface area contributed by atoms with Crippen molar-refractivity contribution >= 4 is 12.1 Å². The van der Waals surface area contributed by atoms with Gasteiger partial charge in [-0.1, -0.05) is 24.3 Å². The molecule has 1 aliphatic heterocycles. The van der Waals surface area contributed by atoms with Crippen LogP contribution >= 0.6 is 0 Å². The summed E-state index contributed by atoms with van der Waals surface area (Å²) in [5, 5.41) is 1.55. The molecule has 3 atom stereocenters. The molecule has 1 aliphatic rings. The number of nitrogens with zero attached hydrogens (tertiary/aromatic N) is 1. The quantitative estimate of drug-likeness (QED) is 0.609. The van der Waals surface area contributed by atoms with E-state index >= 15 is 0 Å². The van der Waals surface area contributed by atoms with E-state index in [-0.39, 0.29) is 0 Å². The maximum absolute atomic E-state index is 12.4. The fourth-order valence-corrected chi connectivity index (χ4v) is 2.84. The first kappa shape index (κ1) is 21.7. The molecule has 1 unspecified atom stereocenters. The summed E-state index contributed by atoms with van der Waals surface area (Å²) in [6, 6.07) is 6.59. The molecular weight excluding hydrogens is 364 g/mol. The van der Waals surface area contributed by atoms with Crippen molar-refractivity contribution in [2.45, 2.75) is 51.7 Å². The van der Waals surface area contributed by atoms with Crippen LogP contribution in [0.15, 0.2) is 36.4 Å². The number of rotatable bonds is 5. The molecule has 1 amide bonds. The average molecular weight is 392 g/mol. The largest absolute Gasteiger partial charge is 0.497 e. The molecule has 28 heavy (non-hydrogen) atoms. The molecule has 2 rings (SSSR count). The second-order valence-corrected chi connectivity index (χ2v) is 7.24. The van der Waals surface area contributed by atoms with Crippen LogP contribution < -0.4 is 10.2 Å². The highest BCUT2D eigenvalue weighted by molar-refractivity contribution is 5.76. The van der Waals surface area contributed by atoms with Gasteiger partial charge in [0.1, 0.15) is 11.4 Å². The highest BCUT2D eigenvalue weighted by Gasteiger charge is 2.47. The third kappa shape index (κ3) is 5.24. The minimum atomic E-state index is -0.914. The number of hydrogen-bond acceptors (Lipinski definition) is 7. The summed E-state index contributed by atoms with van der Waals surface area (Å²) in [6.45, 7) is 7.14. The Kier molecular flexibility index (Phi) is 7.04. The fraction of sp³-hybridized carbons (Fsp3) is 0.500. The van der Waals surface area contributed by atoms with Crippen molar-refractivity contribution < 1.29 is 28.5 Å². The van der Waals surface area contributed by atoms with Crippen LogP contribution in [0, 0.1) is 0 Å². The molecule has 0 spiro atoms. The number of methoxy groups -OCH3 is 2. The average Bonchev–Trinajstić information content (AvgIpc) is 2.98. The fourth-order valence-electron chi connectivity index (χ4n) is 2.84. The van der Waals surface area contributed by atoms with Crippen LogP contribution in [-0.4, -0.2) is 49.0 Å². The zero-order valence-corrected chi connectivity index (χ0v) is 17.1. The van der Waals surface area contributed by atoms with E-state index in [2.05, 4.69) is 5.43 Å². The number of benzene rings is 1. The summed E-state index contributed by atoms with van der Waals surface area (Å²) in [5.41, 5.74) is 2.78. The van der Waals surface area contributed by atoms with Gasteiger partial charge in [-0.05, 0) is 45.4 Å². The monoisotopic (exact) mass is 392 g/mol. The molecule has 1 aromatic carbocycles. The summed E-state index contributed by atoms with van der Waals surface area (Å²) in [7, 11) is 2.87. The summed E-state index contributed by atoms with van der Waals surface area (Å²) in [4.78, 5) is 24.7. The lowest BCUT2D eigenvalue weighted by atomic mass is 10.1. The number of hydrogen-bond donors (Lipinski definition) is 1. The van der Waals surface area contributed by atoms with Crippen molar-refractivity contribution in [1.82, 2.24) is 10.4 Å². The minimum Gasteiger partial charge on any atom is -0.497 e. The summed E-state index contributed by atoms with van der Waals surface area (Å²) in [5.74, 6) is 0.151. The summed E-state index contributed by atoms with van der Waals surface area (Å²) < 4.78 is 21.4. The van der Waals surface area contributed by atoms with Gasteiger partial charge in [-0.3, -0.25) is 5.43 Å². The van der Waals surface area contributed by atoms with E-state index in [9.17, 15) is 9.59 Å². The number of esters is 1. The summed E-state index contributed by atoms with van der Waals surface area (Å²) >= 11 is 0. The van der Waals surface area contributed by atoms with Crippen molar-refractivity contribution in [3.05, 3.63) is 42.0 Å². The number of amides is 1. The van der Waals surface area contributed by atoms with Gasteiger partial charge in [0.2, 0.25) is 0 Å². The van der Waals surface area contributed by atoms with Crippen LogP contribution in [0.1, 0.15) is 39.5 Å². The van der Waals surface area contributed by atoms with Crippen LogP contribution in [0.25, 0.3) is 0 Å². The topological polar surface area (TPSA) is 86.3 Å². The second-order valence-electron chi connectivity index (χ2n) is 7.24. The van der Waals surface area contributed by atoms with Crippen molar-refractivity contribution in [3.63, 3.8) is 0 Å². The van der Waals surface area contributed by atoms with Gasteiger partial charge in [0.15, 0.2) is 12.3 Å². The second kappa shape index (κ2) is 9.07. The molecule has 0 bridgehead atoms. The molecule has 1 saturated heterocycles. The van der Waals surface area contributed by atoms with E-state index in [0.29, 0.717) is 5.75 Å². The first-order valence-electron chi connectivity index (χ1n) is 8.98. The Morgan fingerprint density at radius 2 is 1.82 bits per heavy atom. The van der Waals surface area contributed by atoms with Gasteiger partial charge in [-0.15, -0.1) is 0 Å². The predicted octanol–water partition coefficient (Wildman–Crippen LogP) is 2.95. The van der Waals surface area contributed by atoms with Gasteiger partial charge in [-0.2, -0.15) is 5.01 Å². The van der Waals surface area contributed by atoms with Gasteiger partial charge in [-0.25, -0.2) is 9.59 Å². The number of carbonyl (C=O) groups excluding carboxylic acids is 2. The van der Waals surface area contributed by atoms with E-state index in [0.717, 1.165) is 5.56 Å². The molecule has 8 nitrogen and oxygen atoms in total. The van der Waals surface area contributed by atoms with Crippen molar-refractivity contribution in [1.29, 1.82) is 0 Å². The van der Waals surface area contributed by atoms with Gasteiger partial charge in [0.25, 0.3) is 0 Å². The lowest BCUT2D eigenvalue weighted by Crippen LogP contribution is -2.50. The van der Waals surface area contributed by atoms with Crippen LogP contribution in [0.3, 0.4) is 0 Å². The highest BCUT2D eigenvalue weighted by Crippen LogP contribution is 2.35. The van der Waals surface area contributed by atoms with E-state index < -0.39 is 36.0 Å². The Balaban J connectivity index is 2.37. The number of nitrogens with one attached hydrogen (secondary N) is 1. The van der Waals surface area contributed by atoms with E-state index in [1.165, 1.54) is 7.11 Å². The van der Waals surface area contributed by atoms with Gasteiger partial charge >= 0.3 is 12.1 Å². The standard InChI is InChI=1S/C20H28N2O6/c1-7-8-15-16(18(23)26-6)27-17(13-9-11-14(25-5)12-10-13)22(15)21-19(24)28-20(2,3)4/h7-12,15-17H,1-6H3,(H,21,24)/b8-7+/t15-,16+,17?/m0/s1. The third-order valence-electron chi connectivity index (χ3n) is 4.00. The number of allylic oxidation sites excluding steroid dienone is 1. The molecule has 1 heterocycles. The lowest BCUT2D eigenvalue weighted by molar-refractivity contribution is -0.153. The predicted molar refractivity (Wildman–Crippen MR) is 102 cm³/mol. The first-order valence-corrected chi connectivity index (χ1v) is 8.98. The van der Waals surface area contributed by atoms with Gasteiger partial charge in [0, 0.05) is 0 Å². The maximum Gasteiger partial charge on any atom is 0.422 e. The highest BCUT2D eigenvalue weighted by atomic mass is 16.6. The van der Waals surface area contributed by atoms with Crippen molar-refractivity contribution in [2.24, 2.45) is 0 Å². The third-order valence-corrected chi connectivity index (χ3v) is 4.00. The molecular formula is C20H28N2O6. The molecule has 1 aromatic rings. The Morgan fingerprint density at radius 3 is 2.32 bits per heavy atom. The summed E-state index contributed by atoms with van der Waals surface area (Å²) in [6.07, 6.45) is 1.27. The molecule has 0 aliphatic carbocycles. The van der Waals surface area contributed by atoms with E-state index in [1.807, 2.05) is 6.92 Å². The van der Waals surface area contributed by atoms with Crippen molar-refractivity contribution in [2.75, 3.05) is 14.2 Å². The van der Waals surface area contributed by atoms with Crippen LogP contribution in [-0.2, 0) is 19.0 Å². The lowest BCUT2D eigenvalue weighted by Gasteiger charge is -2.29. The Labute approximate surface area is 165 Å². The number of carbonyl (C=O) groups is 2. The Hall–Kier alpha value is -2.58. The maximum atomic E-state index is 12.4. The Bertz CT molecular complexity index is 710. The number of hydrazine groups is 1. The zero-order chi connectivity index (χ0) is 20.9. The van der Waals surface area contributed by atoms with Crippen LogP contribution in [0.2, 0.25) is 0 Å². The SMILES string of the molecule is C/C=C/[C@H]1[C@H](C(=O)OC)OC(c2ccc(OC)cc2)N1NC(=O)OC(C)(C)C. The first-order chi connectivity index (χ1) is 13.2. The molecule has 8 heteroatoms. The molecule has 0 aromatic heterocycles. The molecule has 1 fully saturated rings. The minimum absolute atomic E-state index is 0.532. The smallest absolute Gasteiger partial charge is 0.422 e. The molecule has 1 N–H and O–H groups in total. The van der Waals surface area contributed by atoms with Crippen LogP contribution in [0.4, 0.5) is 4.79 Å². The molecule has 0 radical (unpaired) electrons. The number of ether oxygens (including phenoxy) is 4. The zero-order valence-electron chi connectivity index (χ0n) is 17.1. The van der Waals surface area contributed by atoms with E-state index in [4.69, 9.17) is 18.9 Å². The van der Waals surface area contributed by atoms with Crippen LogP contribution in [0.5, 0.6) is 5.75 Å². The van der Waals surface area contributed by atoms with E-state index in [1.54, 1.807) is 69.3 Å². The molecule has 0 saturated carbocycles. The Morgan fingerprint density at radius 1 is 1.18 bits per heavy atom.